The Hall–Kier alpha value is -1.36. The molecule has 1 amide bonds. The molecule has 1 fully saturated rings. The molecule has 0 saturated carbocycles. The highest BCUT2D eigenvalue weighted by Gasteiger charge is 2.22. The molecule has 5 nitrogen and oxygen atoms in total. The van der Waals surface area contributed by atoms with Gasteiger partial charge in [0.2, 0.25) is 5.91 Å². The summed E-state index contributed by atoms with van der Waals surface area (Å²) in [5.74, 6) is 0.561. The maximum atomic E-state index is 11.4. The summed E-state index contributed by atoms with van der Waals surface area (Å²) in [5, 5.41) is 6.00. The van der Waals surface area contributed by atoms with Crippen LogP contribution in [0.25, 0.3) is 0 Å². The van der Waals surface area contributed by atoms with E-state index in [1.807, 2.05) is 17.7 Å². The summed E-state index contributed by atoms with van der Waals surface area (Å²) in [5.41, 5.74) is 1.15. The lowest BCUT2D eigenvalue weighted by Gasteiger charge is -2.27. The number of amides is 1. The maximum Gasteiger partial charge on any atom is 0.239 e. The molecule has 15 heavy (non-hydrogen) atoms. The molecular formula is C10H16N4O. The third-order valence-electron chi connectivity index (χ3n) is 2.63. The smallest absolute Gasteiger partial charge is 0.239 e. The van der Waals surface area contributed by atoms with E-state index in [0.29, 0.717) is 19.0 Å². The predicted molar refractivity (Wildman–Crippen MR) is 56.5 cm³/mol. The molecule has 2 rings (SSSR count). The second-order valence-corrected chi connectivity index (χ2v) is 3.76. The Morgan fingerprint density at radius 3 is 3.13 bits per heavy atom. The molecule has 1 aliphatic heterocycles. The van der Waals surface area contributed by atoms with Crippen molar-refractivity contribution in [3.63, 3.8) is 0 Å². The fourth-order valence-corrected chi connectivity index (χ4v) is 1.71. The Bertz CT molecular complexity index is 343. The summed E-state index contributed by atoms with van der Waals surface area (Å²) in [6, 6.07) is 0. The highest BCUT2D eigenvalue weighted by Crippen LogP contribution is 2.18. The predicted octanol–water partition coefficient (Wildman–Crippen LogP) is -0.294. The van der Waals surface area contributed by atoms with Crippen LogP contribution < -0.4 is 10.6 Å². The van der Waals surface area contributed by atoms with Gasteiger partial charge in [0, 0.05) is 37.4 Å². The molecular weight excluding hydrogens is 192 g/mol. The van der Waals surface area contributed by atoms with E-state index in [0.717, 1.165) is 18.8 Å². The van der Waals surface area contributed by atoms with Gasteiger partial charge in [-0.1, -0.05) is 0 Å². The van der Waals surface area contributed by atoms with Crippen LogP contribution in [0.4, 0.5) is 0 Å². The molecule has 0 bridgehead atoms. The number of hydrogen-bond acceptors (Lipinski definition) is 3. The molecule has 0 atom stereocenters. The number of likely N-dealkylation sites (N-methyl/N-ethyl adjacent to an activating group) is 1. The minimum Gasteiger partial charge on any atom is -0.355 e. The van der Waals surface area contributed by atoms with Crippen molar-refractivity contribution < 1.29 is 4.79 Å². The van der Waals surface area contributed by atoms with Crippen molar-refractivity contribution in [2.75, 3.05) is 19.6 Å². The summed E-state index contributed by atoms with van der Waals surface area (Å²) < 4.78 is 1.93. The lowest BCUT2D eigenvalue weighted by Crippen LogP contribution is -2.41. The van der Waals surface area contributed by atoms with Crippen LogP contribution in [0.2, 0.25) is 0 Å². The number of nitrogens with one attached hydrogen (secondary N) is 2. The third-order valence-corrected chi connectivity index (χ3v) is 2.63. The summed E-state index contributed by atoms with van der Waals surface area (Å²) in [6.45, 7) is 4.94. The average molecular weight is 208 g/mol. The second kappa shape index (κ2) is 4.44. The summed E-state index contributed by atoms with van der Waals surface area (Å²) in [7, 11) is 0. The number of carbonyl (C=O) groups is 1. The van der Waals surface area contributed by atoms with Crippen LogP contribution >= 0.6 is 0 Å². The molecule has 0 unspecified atom stereocenters. The van der Waals surface area contributed by atoms with E-state index in [1.54, 1.807) is 6.33 Å². The van der Waals surface area contributed by atoms with E-state index < -0.39 is 0 Å². The van der Waals surface area contributed by atoms with Gasteiger partial charge in [0.25, 0.3) is 0 Å². The molecule has 0 aliphatic carbocycles. The zero-order chi connectivity index (χ0) is 10.7. The van der Waals surface area contributed by atoms with E-state index in [2.05, 4.69) is 15.6 Å². The fraction of sp³-hybridized carbons (Fsp3) is 0.600. The zero-order valence-electron chi connectivity index (χ0n) is 8.86. The van der Waals surface area contributed by atoms with E-state index in [-0.39, 0.29) is 5.91 Å². The number of hydrogen-bond donors (Lipinski definition) is 2. The van der Waals surface area contributed by atoms with E-state index in [4.69, 9.17) is 0 Å². The van der Waals surface area contributed by atoms with Gasteiger partial charge in [0.05, 0.1) is 6.33 Å². The molecule has 1 aromatic rings. The number of aromatic nitrogens is 2. The van der Waals surface area contributed by atoms with Crippen LogP contribution in [0, 0.1) is 0 Å². The van der Waals surface area contributed by atoms with Crippen LogP contribution in [0.15, 0.2) is 12.5 Å². The lowest BCUT2D eigenvalue weighted by molar-refractivity contribution is -0.121. The monoisotopic (exact) mass is 208 g/mol. The van der Waals surface area contributed by atoms with Gasteiger partial charge in [0.15, 0.2) is 0 Å². The van der Waals surface area contributed by atoms with E-state index >= 15 is 0 Å². The molecule has 2 N–H and O–H groups in total. The first-order valence-electron chi connectivity index (χ1n) is 5.28. The van der Waals surface area contributed by atoms with Crippen LogP contribution in [-0.4, -0.2) is 35.1 Å². The zero-order valence-corrected chi connectivity index (χ0v) is 8.86. The van der Waals surface area contributed by atoms with Gasteiger partial charge in [-0.15, -0.1) is 0 Å². The Kier molecular flexibility index (Phi) is 3.01. The molecule has 82 valence electrons. The Balaban J connectivity index is 2.01. The first kappa shape index (κ1) is 10.2. The van der Waals surface area contributed by atoms with Gasteiger partial charge in [0.1, 0.15) is 6.54 Å². The van der Waals surface area contributed by atoms with Crippen LogP contribution in [0.1, 0.15) is 18.5 Å². The Labute approximate surface area is 88.9 Å². The highest BCUT2D eigenvalue weighted by atomic mass is 16.1. The van der Waals surface area contributed by atoms with Crippen LogP contribution in [0.5, 0.6) is 0 Å². The average Bonchev–Trinajstić information content (AvgIpc) is 2.51. The van der Waals surface area contributed by atoms with E-state index in [1.165, 1.54) is 0 Å². The second-order valence-electron chi connectivity index (χ2n) is 3.76. The maximum absolute atomic E-state index is 11.4. The minimum atomic E-state index is 0.0454. The van der Waals surface area contributed by atoms with Gasteiger partial charge in [-0.2, -0.15) is 0 Å². The molecule has 0 aromatic carbocycles. The van der Waals surface area contributed by atoms with Crippen LogP contribution in [0.3, 0.4) is 0 Å². The van der Waals surface area contributed by atoms with Gasteiger partial charge in [-0.3, -0.25) is 4.79 Å². The summed E-state index contributed by atoms with van der Waals surface area (Å²) in [6.07, 6.45) is 3.58. The molecule has 0 radical (unpaired) electrons. The van der Waals surface area contributed by atoms with Crippen molar-refractivity contribution in [1.29, 1.82) is 0 Å². The van der Waals surface area contributed by atoms with Crippen molar-refractivity contribution in [3.05, 3.63) is 18.2 Å². The first-order chi connectivity index (χ1) is 7.31. The standard InChI is InChI=1S/C10H16N4O/c1-2-13-10(15)6-14-7-12-5-9(14)8-3-11-4-8/h5,7-8,11H,2-4,6H2,1H3,(H,13,15). The van der Waals surface area contributed by atoms with Crippen molar-refractivity contribution in [3.8, 4) is 0 Å². The van der Waals surface area contributed by atoms with Crippen molar-refractivity contribution >= 4 is 5.91 Å². The topological polar surface area (TPSA) is 59.0 Å². The minimum absolute atomic E-state index is 0.0454. The van der Waals surface area contributed by atoms with Crippen molar-refractivity contribution in [1.82, 2.24) is 20.2 Å². The molecule has 2 heterocycles. The molecule has 5 heteroatoms. The number of carbonyl (C=O) groups excluding carboxylic acids is 1. The van der Waals surface area contributed by atoms with Gasteiger partial charge >= 0.3 is 0 Å². The number of rotatable bonds is 4. The Morgan fingerprint density at radius 2 is 2.53 bits per heavy atom. The van der Waals surface area contributed by atoms with Gasteiger partial charge in [-0.25, -0.2) is 4.98 Å². The third kappa shape index (κ3) is 2.18. The van der Waals surface area contributed by atoms with Crippen LogP contribution in [-0.2, 0) is 11.3 Å². The summed E-state index contributed by atoms with van der Waals surface area (Å²) in [4.78, 5) is 15.5. The molecule has 1 aliphatic rings. The fourth-order valence-electron chi connectivity index (χ4n) is 1.71. The molecule has 1 aromatic heterocycles. The van der Waals surface area contributed by atoms with Crippen molar-refractivity contribution in [2.24, 2.45) is 0 Å². The number of imidazole rings is 1. The highest BCUT2D eigenvalue weighted by molar-refractivity contribution is 5.75. The van der Waals surface area contributed by atoms with Gasteiger partial charge in [-0.05, 0) is 6.92 Å². The SMILES string of the molecule is CCNC(=O)Cn1cncc1C1CNC1. The van der Waals surface area contributed by atoms with E-state index in [9.17, 15) is 4.79 Å². The first-order valence-corrected chi connectivity index (χ1v) is 5.28. The Morgan fingerprint density at radius 1 is 1.73 bits per heavy atom. The van der Waals surface area contributed by atoms with Gasteiger partial charge < -0.3 is 15.2 Å². The molecule has 1 saturated heterocycles. The number of nitrogens with zero attached hydrogens (tertiary/aromatic N) is 2. The molecule has 0 spiro atoms. The largest absolute Gasteiger partial charge is 0.355 e. The lowest BCUT2D eigenvalue weighted by atomic mass is 10.00. The summed E-state index contributed by atoms with van der Waals surface area (Å²) >= 11 is 0. The quantitative estimate of drug-likeness (QED) is 0.714. The van der Waals surface area contributed by atoms with Crippen molar-refractivity contribution in [2.45, 2.75) is 19.4 Å². The normalized spacial score (nSPS) is 16.1.